The Morgan fingerprint density at radius 1 is 1.07 bits per heavy atom. The molecule has 0 unspecified atom stereocenters. The first kappa shape index (κ1) is 20.8. The molecule has 0 aliphatic heterocycles. The Labute approximate surface area is 173 Å². The van der Waals surface area contributed by atoms with E-state index in [1.165, 1.54) is 23.5 Å². The van der Waals surface area contributed by atoms with Crippen molar-refractivity contribution in [1.82, 2.24) is 4.98 Å². The van der Waals surface area contributed by atoms with Gasteiger partial charge in [0.15, 0.2) is 26.5 Å². The minimum absolute atomic E-state index is 0.114. The summed E-state index contributed by atoms with van der Waals surface area (Å²) < 4.78 is 35.3. The van der Waals surface area contributed by atoms with Gasteiger partial charge in [0.05, 0.1) is 24.8 Å². The topological polar surface area (TPSA) is 94.6 Å². The largest absolute Gasteiger partial charge is 0.493 e. The molecule has 7 nitrogen and oxygen atoms in total. The molecule has 0 atom stereocenters. The van der Waals surface area contributed by atoms with Crippen molar-refractivity contribution in [3.05, 3.63) is 53.4 Å². The van der Waals surface area contributed by atoms with Crippen molar-refractivity contribution in [2.75, 3.05) is 25.3 Å². The van der Waals surface area contributed by atoms with Gasteiger partial charge in [0.1, 0.15) is 5.75 Å². The van der Waals surface area contributed by atoms with Crippen LogP contribution in [0.5, 0.6) is 11.5 Å². The van der Waals surface area contributed by atoms with E-state index in [0.717, 1.165) is 11.1 Å². The maximum atomic E-state index is 12.4. The van der Waals surface area contributed by atoms with Crippen LogP contribution in [0.2, 0.25) is 0 Å². The fourth-order valence-corrected chi connectivity index (χ4v) is 4.49. The third kappa shape index (κ3) is 4.93. The zero-order chi connectivity index (χ0) is 21.0. The number of carbonyl (C=O) groups excluding carboxylic acids is 1. The van der Waals surface area contributed by atoms with Gasteiger partial charge in [0.25, 0.3) is 0 Å². The third-order valence-electron chi connectivity index (χ3n) is 4.13. The molecule has 0 fully saturated rings. The van der Waals surface area contributed by atoms with Gasteiger partial charge in [0.2, 0.25) is 5.91 Å². The number of carbonyl (C=O) groups is 1. The number of rotatable bonds is 7. The zero-order valence-electron chi connectivity index (χ0n) is 16.1. The smallest absolute Gasteiger partial charge is 0.241 e. The fraction of sp³-hybridized carbons (Fsp3) is 0.200. The summed E-state index contributed by atoms with van der Waals surface area (Å²) in [6.45, 7) is 1.86. The number of thiazole rings is 1. The summed E-state index contributed by atoms with van der Waals surface area (Å²) in [6, 6.07) is 11.8. The average Bonchev–Trinajstić information content (AvgIpc) is 3.15. The summed E-state index contributed by atoms with van der Waals surface area (Å²) in [7, 11) is -0.625. The minimum Gasteiger partial charge on any atom is -0.493 e. The predicted molar refractivity (Wildman–Crippen MR) is 113 cm³/mol. The summed E-state index contributed by atoms with van der Waals surface area (Å²) in [6.07, 6.45) is 0. The second-order valence-corrected chi connectivity index (χ2v) is 9.08. The van der Waals surface area contributed by atoms with Crippen LogP contribution in [0.25, 0.3) is 11.3 Å². The van der Waals surface area contributed by atoms with Gasteiger partial charge < -0.3 is 14.8 Å². The molecule has 1 heterocycles. The molecule has 0 saturated carbocycles. The van der Waals surface area contributed by atoms with Crippen molar-refractivity contribution < 1.29 is 22.7 Å². The van der Waals surface area contributed by atoms with E-state index in [0.29, 0.717) is 22.3 Å². The standard InChI is InChI=1S/C20H20N2O5S2/c1-13-4-7-15(8-5-13)29(24,25)12-19(23)22-20-21-16(11-28-20)14-6-9-17(26-2)18(10-14)27-3/h4-11H,12H2,1-3H3,(H,21,22,23). The third-order valence-corrected chi connectivity index (χ3v) is 6.52. The lowest BCUT2D eigenvalue weighted by atomic mass is 10.1. The number of aromatic nitrogens is 1. The van der Waals surface area contributed by atoms with Crippen LogP contribution < -0.4 is 14.8 Å². The summed E-state index contributed by atoms with van der Waals surface area (Å²) in [5.74, 6) is -0.130. The number of benzene rings is 2. The maximum absolute atomic E-state index is 12.4. The molecule has 29 heavy (non-hydrogen) atoms. The molecule has 9 heteroatoms. The highest BCUT2D eigenvalue weighted by Crippen LogP contribution is 2.33. The van der Waals surface area contributed by atoms with Crippen molar-refractivity contribution in [2.45, 2.75) is 11.8 Å². The lowest BCUT2D eigenvalue weighted by Gasteiger charge is -2.08. The van der Waals surface area contributed by atoms with Gasteiger partial charge >= 0.3 is 0 Å². The van der Waals surface area contributed by atoms with Crippen molar-refractivity contribution in [3.63, 3.8) is 0 Å². The molecule has 0 saturated heterocycles. The Kier molecular flexibility index (Phi) is 6.19. The first-order valence-electron chi connectivity index (χ1n) is 8.59. The molecule has 0 aliphatic carbocycles. The number of hydrogen-bond acceptors (Lipinski definition) is 7. The average molecular weight is 433 g/mol. The maximum Gasteiger partial charge on any atom is 0.241 e. The zero-order valence-corrected chi connectivity index (χ0v) is 17.8. The Balaban J connectivity index is 1.71. The molecule has 3 aromatic rings. The lowest BCUT2D eigenvalue weighted by Crippen LogP contribution is -2.22. The van der Waals surface area contributed by atoms with E-state index in [2.05, 4.69) is 10.3 Å². The van der Waals surface area contributed by atoms with E-state index < -0.39 is 21.5 Å². The SMILES string of the molecule is COc1ccc(-c2csc(NC(=O)CS(=O)(=O)c3ccc(C)cc3)n2)cc1OC. The van der Waals surface area contributed by atoms with Gasteiger partial charge in [-0.1, -0.05) is 17.7 Å². The summed E-state index contributed by atoms with van der Waals surface area (Å²) in [4.78, 5) is 16.7. The summed E-state index contributed by atoms with van der Waals surface area (Å²) >= 11 is 1.21. The van der Waals surface area contributed by atoms with Crippen molar-refractivity contribution in [2.24, 2.45) is 0 Å². The lowest BCUT2D eigenvalue weighted by molar-refractivity contribution is -0.113. The molecule has 0 spiro atoms. The molecular weight excluding hydrogens is 412 g/mol. The van der Waals surface area contributed by atoms with Crippen LogP contribution in [0.3, 0.4) is 0 Å². The molecule has 1 amide bonds. The molecule has 1 aromatic heterocycles. The first-order chi connectivity index (χ1) is 13.8. The molecule has 152 valence electrons. The van der Waals surface area contributed by atoms with Gasteiger partial charge in [-0.15, -0.1) is 11.3 Å². The van der Waals surface area contributed by atoms with Gasteiger partial charge in [-0.3, -0.25) is 4.79 Å². The Hall–Kier alpha value is -2.91. The highest BCUT2D eigenvalue weighted by atomic mass is 32.2. The Bertz CT molecular complexity index is 1120. The number of sulfone groups is 1. The Morgan fingerprint density at radius 2 is 1.76 bits per heavy atom. The fourth-order valence-electron chi connectivity index (χ4n) is 2.62. The number of methoxy groups -OCH3 is 2. The normalized spacial score (nSPS) is 11.1. The van der Waals surface area contributed by atoms with E-state index in [1.54, 1.807) is 43.9 Å². The molecular formula is C20H20N2O5S2. The molecule has 2 aromatic carbocycles. The van der Waals surface area contributed by atoms with Crippen LogP contribution in [0.4, 0.5) is 5.13 Å². The van der Waals surface area contributed by atoms with E-state index in [-0.39, 0.29) is 4.90 Å². The molecule has 3 rings (SSSR count). The van der Waals surface area contributed by atoms with E-state index in [1.807, 2.05) is 13.0 Å². The predicted octanol–water partition coefficient (Wildman–Crippen LogP) is 3.55. The number of nitrogens with zero attached hydrogens (tertiary/aromatic N) is 1. The monoisotopic (exact) mass is 432 g/mol. The van der Waals surface area contributed by atoms with Gasteiger partial charge in [-0.05, 0) is 37.3 Å². The second kappa shape index (κ2) is 8.62. The van der Waals surface area contributed by atoms with Crippen LogP contribution in [0.1, 0.15) is 5.56 Å². The van der Waals surface area contributed by atoms with Crippen LogP contribution in [0.15, 0.2) is 52.7 Å². The second-order valence-electron chi connectivity index (χ2n) is 6.23. The van der Waals surface area contributed by atoms with Crippen molar-refractivity contribution >= 4 is 32.2 Å². The molecule has 1 N–H and O–H groups in total. The number of ether oxygens (including phenoxy) is 2. The number of anilines is 1. The molecule has 0 aliphatic rings. The number of aryl methyl sites for hydroxylation is 1. The van der Waals surface area contributed by atoms with E-state index >= 15 is 0 Å². The van der Waals surface area contributed by atoms with Gasteiger partial charge in [0, 0.05) is 10.9 Å². The van der Waals surface area contributed by atoms with Gasteiger partial charge in [-0.2, -0.15) is 0 Å². The molecule has 0 radical (unpaired) electrons. The minimum atomic E-state index is -3.72. The van der Waals surface area contributed by atoms with Crippen LogP contribution in [0, 0.1) is 6.92 Å². The van der Waals surface area contributed by atoms with Crippen LogP contribution >= 0.6 is 11.3 Å². The summed E-state index contributed by atoms with van der Waals surface area (Å²) in [5, 5.41) is 4.64. The Morgan fingerprint density at radius 3 is 2.41 bits per heavy atom. The number of hydrogen-bond donors (Lipinski definition) is 1. The van der Waals surface area contributed by atoms with Gasteiger partial charge in [-0.25, -0.2) is 13.4 Å². The molecule has 0 bridgehead atoms. The first-order valence-corrected chi connectivity index (χ1v) is 11.1. The number of amides is 1. The van der Waals surface area contributed by atoms with Crippen molar-refractivity contribution in [3.8, 4) is 22.8 Å². The van der Waals surface area contributed by atoms with Crippen molar-refractivity contribution in [1.29, 1.82) is 0 Å². The number of nitrogens with one attached hydrogen (secondary N) is 1. The highest BCUT2D eigenvalue weighted by molar-refractivity contribution is 7.92. The quantitative estimate of drug-likeness (QED) is 0.614. The summed E-state index contributed by atoms with van der Waals surface area (Å²) in [5.41, 5.74) is 2.36. The van der Waals surface area contributed by atoms with E-state index in [9.17, 15) is 13.2 Å². The van der Waals surface area contributed by atoms with E-state index in [4.69, 9.17) is 9.47 Å². The van der Waals surface area contributed by atoms with Crippen LogP contribution in [-0.2, 0) is 14.6 Å². The highest BCUT2D eigenvalue weighted by Gasteiger charge is 2.20. The van der Waals surface area contributed by atoms with Crippen LogP contribution in [-0.4, -0.2) is 39.3 Å².